The zero-order chi connectivity index (χ0) is 18.3. The fourth-order valence-electron chi connectivity index (χ4n) is 1.62. The molecule has 0 saturated heterocycles. The average molecular weight is 414 g/mol. The molecule has 132 valence electrons. The number of non-ortho nitro benzene ring substituents is 1. The van der Waals surface area contributed by atoms with Crippen LogP contribution in [-0.4, -0.2) is 25.9 Å². The topological polar surface area (TPSA) is 96.3 Å². The lowest BCUT2D eigenvalue weighted by Gasteiger charge is -2.27. The number of halogens is 3. The van der Waals surface area contributed by atoms with Gasteiger partial charge in [0.05, 0.1) is 4.92 Å². The Morgan fingerprint density at radius 2 is 1.88 bits per heavy atom. The van der Waals surface area contributed by atoms with E-state index in [2.05, 4.69) is 16.0 Å². The Morgan fingerprint density at radius 1 is 1.29 bits per heavy atom. The van der Waals surface area contributed by atoms with Gasteiger partial charge in [-0.05, 0) is 30.8 Å². The van der Waals surface area contributed by atoms with Crippen molar-refractivity contribution in [1.82, 2.24) is 10.6 Å². The number of alkyl halides is 3. The van der Waals surface area contributed by atoms with Crippen LogP contribution < -0.4 is 16.0 Å². The fourth-order valence-corrected chi connectivity index (χ4v) is 2.19. The summed E-state index contributed by atoms with van der Waals surface area (Å²) in [4.78, 5) is 21.8. The number of nitrogens with one attached hydrogen (secondary N) is 3. The van der Waals surface area contributed by atoms with Gasteiger partial charge in [0.15, 0.2) is 5.11 Å². The standard InChI is InChI=1S/C13H15Cl3N4O3S/c1-2-3-10(21)18-11(13(14,15)16)19-12(24)17-8-4-6-9(7-5-8)20(22)23/h4-7,11H,2-3H2,1H3,(H,18,21)(H2,17,19,24)/t11-/m1/s1. The summed E-state index contributed by atoms with van der Waals surface area (Å²) in [6.07, 6.45) is -0.120. The van der Waals surface area contributed by atoms with Gasteiger partial charge >= 0.3 is 0 Å². The minimum absolute atomic E-state index is 0.0505. The summed E-state index contributed by atoms with van der Waals surface area (Å²) in [5.41, 5.74) is 0.450. The SMILES string of the molecule is CCCC(=O)N[C@H](NC(=S)Nc1ccc([N+](=O)[O-])cc1)C(Cl)(Cl)Cl. The molecular formula is C13H15Cl3N4O3S. The van der Waals surface area contributed by atoms with Gasteiger partial charge in [0, 0.05) is 24.2 Å². The van der Waals surface area contributed by atoms with Gasteiger partial charge in [-0.2, -0.15) is 0 Å². The minimum Gasteiger partial charge on any atom is -0.339 e. The van der Waals surface area contributed by atoms with Gasteiger partial charge in [-0.25, -0.2) is 0 Å². The highest BCUT2D eigenvalue weighted by Crippen LogP contribution is 2.29. The van der Waals surface area contributed by atoms with E-state index in [4.69, 9.17) is 47.0 Å². The number of hydrogen-bond acceptors (Lipinski definition) is 4. The second-order valence-corrected chi connectivity index (χ2v) is 7.47. The zero-order valence-corrected chi connectivity index (χ0v) is 15.6. The van der Waals surface area contributed by atoms with E-state index < -0.39 is 14.9 Å². The van der Waals surface area contributed by atoms with E-state index >= 15 is 0 Å². The summed E-state index contributed by atoms with van der Waals surface area (Å²) >= 11 is 22.6. The largest absolute Gasteiger partial charge is 0.339 e. The molecule has 0 aliphatic heterocycles. The Hall–Kier alpha value is -1.35. The molecule has 0 unspecified atom stereocenters. The van der Waals surface area contributed by atoms with Gasteiger partial charge in [-0.15, -0.1) is 0 Å². The van der Waals surface area contributed by atoms with E-state index in [9.17, 15) is 14.9 Å². The Bertz CT molecular complexity index is 607. The predicted octanol–water partition coefficient (Wildman–Crippen LogP) is 3.49. The molecule has 0 aliphatic carbocycles. The van der Waals surface area contributed by atoms with E-state index in [1.54, 1.807) is 0 Å². The molecule has 24 heavy (non-hydrogen) atoms. The molecule has 0 bridgehead atoms. The van der Waals surface area contributed by atoms with Crippen LogP contribution in [0.4, 0.5) is 11.4 Å². The van der Waals surface area contributed by atoms with E-state index in [1.165, 1.54) is 24.3 Å². The summed E-state index contributed by atoms with van der Waals surface area (Å²) in [7, 11) is 0. The maximum atomic E-state index is 11.7. The molecule has 0 aromatic heterocycles. The van der Waals surface area contributed by atoms with Crippen LogP contribution in [0.25, 0.3) is 0 Å². The predicted molar refractivity (Wildman–Crippen MR) is 99.6 cm³/mol. The normalized spacial score (nSPS) is 12.2. The molecule has 1 amide bonds. The van der Waals surface area contributed by atoms with Crippen LogP contribution in [0.5, 0.6) is 0 Å². The lowest BCUT2D eigenvalue weighted by molar-refractivity contribution is -0.384. The van der Waals surface area contributed by atoms with Crippen LogP contribution in [0.1, 0.15) is 19.8 Å². The molecule has 0 heterocycles. The number of anilines is 1. The molecule has 1 aromatic carbocycles. The van der Waals surface area contributed by atoms with Gasteiger partial charge in [-0.1, -0.05) is 41.7 Å². The number of carbonyl (C=O) groups excluding carboxylic acids is 1. The van der Waals surface area contributed by atoms with Crippen molar-refractivity contribution in [3.63, 3.8) is 0 Å². The van der Waals surface area contributed by atoms with E-state index in [1.807, 2.05) is 6.92 Å². The molecule has 1 atom stereocenters. The van der Waals surface area contributed by atoms with E-state index in [0.717, 1.165) is 0 Å². The summed E-state index contributed by atoms with van der Waals surface area (Å²) in [5.74, 6) is -0.292. The van der Waals surface area contributed by atoms with Crippen molar-refractivity contribution in [2.75, 3.05) is 5.32 Å². The monoisotopic (exact) mass is 412 g/mol. The number of amides is 1. The van der Waals surface area contributed by atoms with Crippen LogP contribution in [0.15, 0.2) is 24.3 Å². The first kappa shape index (κ1) is 20.7. The molecule has 1 rings (SSSR count). The van der Waals surface area contributed by atoms with Crippen LogP contribution in [0.3, 0.4) is 0 Å². The number of thiocarbonyl (C=S) groups is 1. The quantitative estimate of drug-likeness (QED) is 0.217. The maximum absolute atomic E-state index is 11.7. The molecule has 0 spiro atoms. The highest BCUT2D eigenvalue weighted by Gasteiger charge is 2.34. The average Bonchev–Trinajstić information content (AvgIpc) is 2.46. The molecule has 0 fully saturated rings. The maximum Gasteiger partial charge on any atom is 0.269 e. The van der Waals surface area contributed by atoms with Gasteiger partial charge in [0.1, 0.15) is 6.17 Å². The third kappa shape index (κ3) is 7.04. The number of carbonyl (C=O) groups is 1. The highest BCUT2D eigenvalue weighted by molar-refractivity contribution is 7.80. The molecular weight excluding hydrogens is 399 g/mol. The van der Waals surface area contributed by atoms with Crippen molar-refractivity contribution < 1.29 is 9.72 Å². The number of nitro benzene ring substituents is 1. The molecule has 7 nitrogen and oxygen atoms in total. The van der Waals surface area contributed by atoms with Crippen LogP contribution in [0.2, 0.25) is 0 Å². The Labute approximate surface area is 159 Å². The Kier molecular flexibility index (Phi) is 7.95. The number of nitrogens with zero attached hydrogens (tertiary/aromatic N) is 1. The van der Waals surface area contributed by atoms with E-state index in [-0.39, 0.29) is 23.1 Å². The summed E-state index contributed by atoms with van der Waals surface area (Å²) in [6, 6.07) is 5.60. The molecule has 0 aliphatic rings. The molecule has 3 N–H and O–H groups in total. The van der Waals surface area contributed by atoms with Crippen molar-refractivity contribution >= 4 is 69.4 Å². The first-order chi connectivity index (χ1) is 11.1. The Morgan fingerprint density at radius 3 is 2.33 bits per heavy atom. The second kappa shape index (κ2) is 9.22. The van der Waals surface area contributed by atoms with E-state index in [0.29, 0.717) is 12.1 Å². The number of rotatable bonds is 6. The van der Waals surface area contributed by atoms with Crippen molar-refractivity contribution in [2.24, 2.45) is 0 Å². The van der Waals surface area contributed by atoms with Crippen LogP contribution >= 0.6 is 47.0 Å². The minimum atomic E-state index is -1.83. The number of nitro groups is 1. The summed E-state index contributed by atoms with van der Waals surface area (Å²) in [5, 5.41) is 18.7. The van der Waals surface area contributed by atoms with Crippen LogP contribution in [-0.2, 0) is 4.79 Å². The number of hydrogen-bond donors (Lipinski definition) is 3. The zero-order valence-electron chi connectivity index (χ0n) is 12.5. The van der Waals surface area contributed by atoms with Crippen molar-refractivity contribution in [3.8, 4) is 0 Å². The molecule has 11 heteroatoms. The lowest BCUT2D eigenvalue weighted by atomic mass is 10.3. The number of benzene rings is 1. The summed E-state index contributed by atoms with van der Waals surface area (Å²) < 4.78 is -1.83. The molecule has 0 saturated carbocycles. The smallest absolute Gasteiger partial charge is 0.269 e. The molecule has 1 aromatic rings. The van der Waals surface area contributed by atoms with Gasteiger partial charge in [-0.3, -0.25) is 14.9 Å². The fraction of sp³-hybridized carbons (Fsp3) is 0.385. The lowest BCUT2D eigenvalue weighted by Crippen LogP contribution is -2.56. The van der Waals surface area contributed by atoms with Crippen LogP contribution in [0, 0.1) is 10.1 Å². The van der Waals surface area contributed by atoms with Gasteiger partial charge < -0.3 is 16.0 Å². The van der Waals surface area contributed by atoms with Gasteiger partial charge in [0.25, 0.3) is 5.69 Å². The first-order valence-corrected chi connectivity index (χ1v) is 8.35. The third-order valence-corrected chi connectivity index (χ3v) is 3.60. The van der Waals surface area contributed by atoms with Crippen molar-refractivity contribution in [3.05, 3.63) is 34.4 Å². The van der Waals surface area contributed by atoms with Crippen molar-refractivity contribution in [2.45, 2.75) is 29.7 Å². The highest BCUT2D eigenvalue weighted by atomic mass is 35.6. The van der Waals surface area contributed by atoms with Gasteiger partial charge in [0.2, 0.25) is 9.70 Å². The molecule has 0 radical (unpaired) electrons. The van der Waals surface area contributed by atoms with Crippen molar-refractivity contribution in [1.29, 1.82) is 0 Å². The summed E-state index contributed by atoms with van der Waals surface area (Å²) in [6.45, 7) is 1.85. The Balaban J connectivity index is 2.70. The second-order valence-electron chi connectivity index (χ2n) is 4.69. The third-order valence-electron chi connectivity index (χ3n) is 2.72. The first-order valence-electron chi connectivity index (χ1n) is 6.81.